The second-order valence-corrected chi connectivity index (χ2v) is 15.1. The van der Waals surface area contributed by atoms with Gasteiger partial charge in [-0.1, -0.05) is 188 Å². The SMILES string of the molecule is c1ccc(-c2ccc(-c3c4ccccc4c(-c4cccc(-c5cc6ccccc6c6c5oc5c7ccccc7ccc56)c4)c4ccccc34)c3ccccc23)cc1. The second kappa shape index (κ2) is 12.5. The summed E-state index contributed by atoms with van der Waals surface area (Å²) in [5.74, 6) is 0. The molecule has 1 nitrogen and oxygen atoms in total. The maximum Gasteiger partial charge on any atom is 0.143 e. The van der Waals surface area contributed by atoms with E-state index in [1.165, 1.54) is 87.2 Å². The molecule has 0 bridgehead atoms. The summed E-state index contributed by atoms with van der Waals surface area (Å²) in [5.41, 5.74) is 11.5. The average molecular weight is 723 g/mol. The second-order valence-electron chi connectivity index (χ2n) is 15.1. The number of fused-ring (bicyclic) bond motifs is 10. The number of rotatable bonds is 4. The molecule has 0 saturated carbocycles. The molecule has 57 heavy (non-hydrogen) atoms. The van der Waals surface area contributed by atoms with Crippen molar-refractivity contribution < 1.29 is 4.42 Å². The molecule has 0 fully saturated rings. The maximum absolute atomic E-state index is 6.98. The molecule has 1 aromatic heterocycles. The van der Waals surface area contributed by atoms with Gasteiger partial charge in [0.05, 0.1) is 0 Å². The predicted octanol–water partition coefficient (Wildman–Crippen LogP) is 16.0. The molecule has 0 aliphatic rings. The van der Waals surface area contributed by atoms with Crippen LogP contribution in [0.2, 0.25) is 0 Å². The Morgan fingerprint density at radius 2 is 0.772 bits per heavy atom. The molecule has 0 saturated heterocycles. The summed E-state index contributed by atoms with van der Waals surface area (Å²) < 4.78 is 6.98. The first-order valence-corrected chi connectivity index (χ1v) is 19.7. The highest BCUT2D eigenvalue weighted by Crippen LogP contribution is 2.48. The van der Waals surface area contributed by atoms with E-state index in [0.717, 1.165) is 33.1 Å². The molecule has 0 N–H and O–H groups in total. The molecule has 0 atom stereocenters. The van der Waals surface area contributed by atoms with Crippen molar-refractivity contribution >= 4 is 75.8 Å². The molecule has 0 amide bonds. The molecule has 0 aliphatic carbocycles. The summed E-state index contributed by atoms with van der Waals surface area (Å²) in [6.45, 7) is 0. The molecule has 12 aromatic rings. The zero-order valence-electron chi connectivity index (χ0n) is 31.0. The van der Waals surface area contributed by atoms with Crippen molar-refractivity contribution in [2.45, 2.75) is 0 Å². The lowest BCUT2D eigenvalue weighted by Crippen LogP contribution is -1.93. The van der Waals surface area contributed by atoms with Crippen molar-refractivity contribution in [3.05, 3.63) is 206 Å². The first-order chi connectivity index (χ1) is 28.3. The third kappa shape index (κ3) is 4.83. The molecule has 0 unspecified atom stereocenters. The quantitative estimate of drug-likeness (QED) is 0.165. The Bertz CT molecular complexity index is 3510. The smallest absolute Gasteiger partial charge is 0.143 e. The lowest BCUT2D eigenvalue weighted by Gasteiger charge is -2.20. The number of benzene rings is 11. The fraction of sp³-hybridized carbons (Fsp3) is 0. The highest BCUT2D eigenvalue weighted by molar-refractivity contribution is 6.27. The van der Waals surface area contributed by atoms with E-state index in [2.05, 4.69) is 206 Å². The van der Waals surface area contributed by atoms with E-state index in [9.17, 15) is 0 Å². The van der Waals surface area contributed by atoms with Gasteiger partial charge in [-0.3, -0.25) is 0 Å². The van der Waals surface area contributed by atoms with Gasteiger partial charge in [0.25, 0.3) is 0 Å². The van der Waals surface area contributed by atoms with Crippen molar-refractivity contribution in [1.82, 2.24) is 0 Å². The van der Waals surface area contributed by atoms with E-state index in [1.54, 1.807) is 0 Å². The first-order valence-electron chi connectivity index (χ1n) is 19.7. The van der Waals surface area contributed by atoms with Crippen LogP contribution in [0, 0.1) is 0 Å². The molecule has 264 valence electrons. The van der Waals surface area contributed by atoms with Crippen LogP contribution in [-0.2, 0) is 0 Å². The van der Waals surface area contributed by atoms with E-state index in [0.29, 0.717) is 0 Å². The van der Waals surface area contributed by atoms with Crippen molar-refractivity contribution in [3.8, 4) is 44.5 Å². The fourth-order valence-corrected chi connectivity index (χ4v) is 9.53. The Kier molecular flexibility index (Phi) is 7.00. The van der Waals surface area contributed by atoms with Crippen LogP contribution in [-0.4, -0.2) is 0 Å². The molecule has 1 heteroatoms. The van der Waals surface area contributed by atoms with E-state index < -0.39 is 0 Å². The van der Waals surface area contributed by atoms with Crippen LogP contribution < -0.4 is 0 Å². The van der Waals surface area contributed by atoms with Crippen LogP contribution >= 0.6 is 0 Å². The molecular weight excluding hydrogens is 689 g/mol. The lowest BCUT2D eigenvalue weighted by atomic mass is 9.83. The van der Waals surface area contributed by atoms with Crippen LogP contribution in [0.25, 0.3) is 120 Å². The first kappa shape index (κ1) is 31.8. The maximum atomic E-state index is 6.98. The van der Waals surface area contributed by atoms with E-state index in [-0.39, 0.29) is 0 Å². The van der Waals surface area contributed by atoms with Crippen LogP contribution in [0.4, 0.5) is 0 Å². The highest BCUT2D eigenvalue weighted by atomic mass is 16.3. The zero-order valence-corrected chi connectivity index (χ0v) is 31.0. The van der Waals surface area contributed by atoms with Gasteiger partial charge in [0, 0.05) is 21.7 Å². The van der Waals surface area contributed by atoms with Gasteiger partial charge in [0.1, 0.15) is 11.2 Å². The largest absolute Gasteiger partial charge is 0.455 e. The summed E-state index contributed by atoms with van der Waals surface area (Å²) in [5, 5.41) is 14.5. The fourth-order valence-electron chi connectivity index (χ4n) is 9.53. The van der Waals surface area contributed by atoms with Crippen LogP contribution in [0.3, 0.4) is 0 Å². The Balaban J connectivity index is 1.11. The van der Waals surface area contributed by atoms with E-state index in [1.807, 2.05) is 0 Å². The average Bonchev–Trinajstić information content (AvgIpc) is 3.69. The van der Waals surface area contributed by atoms with Gasteiger partial charge in [0.15, 0.2) is 0 Å². The Morgan fingerprint density at radius 1 is 0.246 bits per heavy atom. The molecule has 1 heterocycles. The van der Waals surface area contributed by atoms with E-state index in [4.69, 9.17) is 4.42 Å². The Hall–Kier alpha value is -7.48. The molecular formula is C56H34O. The summed E-state index contributed by atoms with van der Waals surface area (Å²) in [6.07, 6.45) is 0. The summed E-state index contributed by atoms with van der Waals surface area (Å²) in [4.78, 5) is 0. The van der Waals surface area contributed by atoms with E-state index >= 15 is 0 Å². The van der Waals surface area contributed by atoms with Gasteiger partial charge in [0.2, 0.25) is 0 Å². The Morgan fingerprint density at radius 3 is 1.49 bits per heavy atom. The minimum absolute atomic E-state index is 0.924. The molecule has 0 spiro atoms. The van der Waals surface area contributed by atoms with Gasteiger partial charge in [-0.15, -0.1) is 0 Å². The molecule has 12 rings (SSSR count). The molecule has 0 radical (unpaired) electrons. The van der Waals surface area contributed by atoms with Crippen LogP contribution in [0.5, 0.6) is 0 Å². The minimum Gasteiger partial charge on any atom is -0.455 e. The van der Waals surface area contributed by atoms with Gasteiger partial charge < -0.3 is 4.42 Å². The summed E-state index contributed by atoms with van der Waals surface area (Å²) >= 11 is 0. The van der Waals surface area contributed by atoms with Crippen molar-refractivity contribution in [2.24, 2.45) is 0 Å². The van der Waals surface area contributed by atoms with Crippen molar-refractivity contribution in [2.75, 3.05) is 0 Å². The third-order valence-electron chi connectivity index (χ3n) is 12.0. The van der Waals surface area contributed by atoms with Crippen LogP contribution in [0.1, 0.15) is 0 Å². The molecule has 11 aromatic carbocycles. The van der Waals surface area contributed by atoms with Gasteiger partial charge in [-0.2, -0.15) is 0 Å². The highest BCUT2D eigenvalue weighted by Gasteiger charge is 2.21. The molecule has 0 aliphatic heterocycles. The lowest BCUT2D eigenvalue weighted by molar-refractivity contribution is 0.674. The van der Waals surface area contributed by atoms with Gasteiger partial charge in [-0.25, -0.2) is 0 Å². The topological polar surface area (TPSA) is 13.1 Å². The normalized spacial score (nSPS) is 11.9. The zero-order chi connectivity index (χ0) is 37.5. The van der Waals surface area contributed by atoms with Crippen molar-refractivity contribution in [3.63, 3.8) is 0 Å². The van der Waals surface area contributed by atoms with Gasteiger partial charge in [-0.05, 0) is 106 Å². The number of hydrogen-bond acceptors (Lipinski definition) is 1. The van der Waals surface area contributed by atoms with Crippen LogP contribution in [0.15, 0.2) is 211 Å². The minimum atomic E-state index is 0.924. The predicted molar refractivity (Wildman–Crippen MR) is 243 cm³/mol. The van der Waals surface area contributed by atoms with Crippen molar-refractivity contribution in [1.29, 1.82) is 0 Å². The third-order valence-corrected chi connectivity index (χ3v) is 12.0. The number of hydrogen-bond donors (Lipinski definition) is 0. The summed E-state index contributed by atoms with van der Waals surface area (Å²) in [6, 6.07) is 75.2. The monoisotopic (exact) mass is 722 g/mol. The van der Waals surface area contributed by atoms with Gasteiger partial charge >= 0.3 is 0 Å². The summed E-state index contributed by atoms with van der Waals surface area (Å²) in [7, 11) is 0. The standard InChI is InChI=1S/C56H34O/c1-2-15-35(16-3-1)40-31-32-49(44-24-9-8-23-43(40)44)53-47-27-12-10-25-45(47)52(46-26-11-13-28-48(46)53)39-20-14-19-37(33-39)51-34-38-18-5-6-21-41(38)54-50-30-29-36-17-4-7-22-42(36)55(50)57-56(51)54/h1-34H. The Labute approximate surface area is 329 Å². The number of furan rings is 1.